The van der Waals surface area contributed by atoms with Crippen LogP contribution < -0.4 is 15.7 Å². The molecule has 1 aromatic heterocycles. The number of hydrogen-bond acceptors (Lipinski definition) is 7. The van der Waals surface area contributed by atoms with Crippen molar-refractivity contribution in [3.05, 3.63) is 87.8 Å². The zero-order chi connectivity index (χ0) is 26.4. The van der Waals surface area contributed by atoms with Crippen LogP contribution in [0.15, 0.2) is 75.5 Å². The number of aliphatic hydroxyl groups is 2. The molecule has 1 saturated carbocycles. The summed E-state index contributed by atoms with van der Waals surface area (Å²) in [7, 11) is 0. The molecule has 2 amide bonds. The van der Waals surface area contributed by atoms with Gasteiger partial charge in [0.05, 0.1) is 18.6 Å². The van der Waals surface area contributed by atoms with Gasteiger partial charge >= 0.3 is 5.63 Å². The molecule has 38 heavy (non-hydrogen) atoms. The molecule has 3 aliphatic rings. The highest BCUT2D eigenvalue weighted by Crippen LogP contribution is 2.47. The molecule has 4 unspecified atom stereocenters. The van der Waals surface area contributed by atoms with Crippen LogP contribution in [0, 0.1) is 5.92 Å². The minimum Gasteiger partial charge on any atom is -0.486 e. The van der Waals surface area contributed by atoms with E-state index < -0.39 is 41.6 Å². The number of carbonyl (C=O) groups excluding carboxylic acids is 2. The highest BCUT2D eigenvalue weighted by atomic mass is 16.5. The second-order valence-electron chi connectivity index (χ2n) is 10.1. The van der Waals surface area contributed by atoms with Gasteiger partial charge in [-0.1, -0.05) is 36.4 Å². The van der Waals surface area contributed by atoms with Crippen molar-refractivity contribution in [2.45, 2.75) is 37.0 Å². The summed E-state index contributed by atoms with van der Waals surface area (Å²) in [6, 6.07) is 14.8. The molecular weight excluding hydrogens is 488 g/mol. The van der Waals surface area contributed by atoms with Crippen LogP contribution in [0.25, 0.3) is 11.0 Å². The molecule has 6 rings (SSSR count). The first-order valence-electron chi connectivity index (χ1n) is 12.8. The number of nitrogens with zero attached hydrogens (tertiary/aromatic N) is 1. The first kappa shape index (κ1) is 24.4. The standard InChI is InChI=1S/C29H28N2O7/c32-12-11-30-27(34)19-14-21(25(33)26-24(19)18-6-2-4-8-23(18)37-26)31(15-16-9-10-16)28(35)20-13-17-5-1-3-7-22(17)38-29(20)36/h1-8,13-14,16,21,24-26,32-33H,9-12,15H2,(H,30,34). The lowest BCUT2D eigenvalue weighted by Crippen LogP contribution is -2.56. The van der Waals surface area contributed by atoms with Gasteiger partial charge in [0.2, 0.25) is 5.91 Å². The van der Waals surface area contributed by atoms with Gasteiger partial charge in [0, 0.05) is 29.6 Å². The Morgan fingerprint density at radius 2 is 1.84 bits per heavy atom. The van der Waals surface area contributed by atoms with Crippen LogP contribution >= 0.6 is 0 Å². The maximum atomic E-state index is 13.9. The topological polar surface area (TPSA) is 129 Å². The van der Waals surface area contributed by atoms with Crippen molar-refractivity contribution < 1.29 is 29.0 Å². The van der Waals surface area contributed by atoms with Gasteiger partial charge in [-0.15, -0.1) is 0 Å². The molecule has 2 heterocycles. The van der Waals surface area contributed by atoms with E-state index in [9.17, 15) is 24.6 Å². The second kappa shape index (κ2) is 9.74. The van der Waals surface area contributed by atoms with Crippen molar-refractivity contribution in [3.8, 4) is 5.75 Å². The Balaban J connectivity index is 1.43. The maximum absolute atomic E-state index is 13.9. The van der Waals surface area contributed by atoms with Crippen LogP contribution in [0.2, 0.25) is 0 Å². The molecule has 0 bridgehead atoms. The molecule has 1 fully saturated rings. The van der Waals surface area contributed by atoms with Gasteiger partial charge in [0.15, 0.2) is 0 Å². The number of aliphatic hydroxyl groups excluding tert-OH is 2. The third-order valence-corrected chi connectivity index (χ3v) is 7.52. The first-order valence-corrected chi connectivity index (χ1v) is 12.8. The number of benzene rings is 2. The van der Waals surface area contributed by atoms with E-state index in [2.05, 4.69) is 5.32 Å². The third kappa shape index (κ3) is 4.27. The monoisotopic (exact) mass is 516 g/mol. The average Bonchev–Trinajstić information content (AvgIpc) is 3.67. The number of ether oxygens (including phenoxy) is 1. The summed E-state index contributed by atoms with van der Waals surface area (Å²) < 4.78 is 11.6. The Bertz CT molecular complexity index is 1490. The summed E-state index contributed by atoms with van der Waals surface area (Å²) in [5.41, 5.74) is 0.614. The molecule has 4 atom stereocenters. The summed E-state index contributed by atoms with van der Waals surface area (Å²) in [6.45, 7) is 0.154. The van der Waals surface area contributed by atoms with Crippen LogP contribution in [0.4, 0.5) is 0 Å². The summed E-state index contributed by atoms with van der Waals surface area (Å²) in [5.74, 6) is -0.715. The van der Waals surface area contributed by atoms with Crippen molar-refractivity contribution in [2.24, 2.45) is 5.92 Å². The molecule has 3 N–H and O–H groups in total. The number of fused-ring (bicyclic) bond motifs is 4. The number of para-hydroxylation sites is 2. The fraction of sp³-hybridized carbons (Fsp3) is 0.345. The predicted octanol–water partition coefficient (Wildman–Crippen LogP) is 1.97. The lowest BCUT2D eigenvalue weighted by Gasteiger charge is -2.40. The zero-order valence-corrected chi connectivity index (χ0v) is 20.6. The van der Waals surface area contributed by atoms with Crippen LogP contribution in [0.1, 0.15) is 34.7 Å². The fourth-order valence-electron chi connectivity index (χ4n) is 5.48. The highest BCUT2D eigenvalue weighted by Gasteiger charge is 2.51. The maximum Gasteiger partial charge on any atom is 0.349 e. The van der Waals surface area contributed by atoms with Crippen LogP contribution in [0.5, 0.6) is 5.75 Å². The van der Waals surface area contributed by atoms with Crippen molar-refractivity contribution >= 4 is 22.8 Å². The smallest absolute Gasteiger partial charge is 0.349 e. The van der Waals surface area contributed by atoms with Gasteiger partial charge < -0.3 is 29.6 Å². The SMILES string of the molecule is O=C(NCCO)C1=CC(N(CC2CC2)C(=O)c2cc3ccccc3oc2=O)C(O)C2Oc3ccccc3C12. The van der Waals surface area contributed by atoms with E-state index in [-0.39, 0.29) is 24.6 Å². The molecule has 9 heteroatoms. The van der Waals surface area contributed by atoms with Gasteiger partial charge in [0.1, 0.15) is 29.1 Å². The molecule has 0 saturated heterocycles. The highest BCUT2D eigenvalue weighted by molar-refractivity contribution is 5.98. The molecule has 3 aromatic rings. The lowest BCUT2D eigenvalue weighted by atomic mass is 9.77. The Kier molecular flexibility index (Phi) is 6.25. The van der Waals surface area contributed by atoms with Gasteiger partial charge in [-0.25, -0.2) is 4.79 Å². The van der Waals surface area contributed by atoms with E-state index >= 15 is 0 Å². The summed E-state index contributed by atoms with van der Waals surface area (Å²) in [5, 5.41) is 24.2. The Hall–Kier alpha value is -3.95. The number of rotatable bonds is 7. The molecule has 2 aromatic carbocycles. The number of hydrogen-bond donors (Lipinski definition) is 3. The average molecular weight is 517 g/mol. The quantitative estimate of drug-likeness (QED) is 0.410. The van der Waals surface area contributed by atoms with Crippen molar-refractivity contribution in [1.29, 1.82) is 0 Å². The molecule has 1 aliphatic heterocycles. The zero-order valence-electron chi connectivity index (χ0n) is 20.6. The largest absolute Gasteiger partial charge is 0.486 e. The normalized spacial score (nSPS) is 23.7. The van der Waals surface area contributed by atoms with Crippen molar-refractivity contribution in [3.63, 3.8) is 0 Å². The minimum absolute atomic E-state index is 0.0616. The summed E-state index contributed by atoms with van der Waals surface area (Å²) in [6.07, 6.45) is 1.52. The van der Waals surface area contributed by atoms with E-state index in [4.69, 9.17) is 9.15 Å². The van der Waals surface area contributed by atoms with E-state index in [0.29, 0.717) is 28.8 Å². The minimum atomic E-state index is -1.16. The van der Waals surface area contributed by atoms with Gasteiger partial charge in [0.25, 0.3) is 5.91 Å². The Morgan fingerprint density at radius 1 is 1.08 bits per heavy atom. The number of nitrogens with one attached hydrogen (secondary N) is 1. The first-order chi connectivity index (χ1) is 18.5. The molecule has 0 spiro atoms. The van der Waals surface area contributed by atoms with Gasteiger partial charge in [-0.3, -0.25) is 9.59 Å². The van der Waals surface area contributed by atoms with E-state index in [1.54, 1.807) is 36.4 Å². The fourth-order valence-corrected chi connectivity index (χ4v) is 5.48. The van der Waals surface area contributed by atoms with Crippen molar-refractivity contribution in [1.82, 2.24) is 10.2 Å². The second-order valence-corrected chi connectivity index (χ2v) is 10.1. The summed E-state index contributed by atoms with van der Waals surface area (Å²) >= 11 is 0. The van der Waals surface area contributed by atoms with Gasteiger partial charge in [-0.05, 0) is 43.0 Å². The summed E-state index contributed by atoms with van der Waals surface area (Å²) in [4.78, 5) is 41.5. The Morgan fingerprint density at radius 3 is 2.63 bits per heavy atom. The molecule has 2 aliphatic carbocycles. The molecule has 196 valence electrons. The third-order valence-electron chi connectivity index (χ3n) is 7.52. The number of amides is 2. The van der Waals surface area contributed by atoms with E-state index in [1.807, 2.05) is 18.2 Å². The molecular formula is C29H28N2O7. The predicted molar refractivity (Wildman–Crippen MR) is 138 cm³/mol. The van der Waals surface area contributed by atoms with Crippen molar-refractivity contribution in [2.75, 3.05) is 19.7 Å². The van der Waals surface area contributed by atoms with Crippen LogP contribution in [-0.2, 0) is 4.79 Å². The van der Waals surface area contributed by atoms with E-state index in [0.717, 1.165) is 18.4 Å². The molecule has 9 nitrogen and oxygen atoms in total. The van der Waals surface area contributed by atoms with Crippen LogP contribution in [-0.4, -0.2) is 64.9 Å². The molecule has 0 radical (unpaired) electrons. The number of carbonyl (C=O) groups is 2. The van der Waals surface area contributed by atoms with E-state index in [1.165, 1.54) is 11.0 Å². The van der Waals surface area contributed by atoms with Crippen LogP contribution in [0.3, 0.4) is 0 Å². The Labute approximate surface area is 218 Å². The lowest BCUT2D eigenvalue weighted by molar-refractivity contribution is -0.118. The van der Waals surface area contributed by atoms with Gasteiger partial charge in [-0.2, -0.15) is 0 Å².